The van der Waals surface area contributed by atoms with Gasteiger partial charge < -0.3 is 4.98 Å². The summed E-state index contributed by atoms with van der Waals surface area (Å²) in [5.74, 6) is -0.781. The van der Waals surface area contributed by atoms with Crippen LogP contribution < -0.4 is 10.9 Å². The number of aromatic nitrogens is 2. The van der Waals surface area contributed by atoms with Crippen LogP contribution in [0.4, 0.5) is 5.69 Å². The predicted octanol–water partition coefficient (Wildman–Crippen LogP) is 2.56. The van der Waals surface area contributed by atoms with E-state index in [0.717, 1.165) is 30.5 Å². The van der Waals surface area contributed by atoms with Gasteiger partial charge in [0.25, 0.3) is 0 Å². The zero-order chi connectivity index (χ0) is 18.8. The second-order valence-corrected chi connectivity index (χ2v) is 6.08. The minimum absolute atomic E-state index is 0.0402. The van der Waals surface area contributed by atoms with Crippen LogP contribution in [-0.4, -0.2) is 39.1 Å². The summed E-state index contributed by atoms with van der Waals surface area (Å²) in [6.45, 7) is 2.03. The Balaban J connectivity index is 1.95. The first kappa shape index (κ1) is 19.5. The predicted molar refractivity (Wildman–Crippen MR) is 98.0 cm³/mol. The molecule has 0 saturated heterocycles. The van der Waals surface area contributed by atoms with Gasteiger partial charge >= 0.3 is 0 Å². The fourth-order valence-corrected chi connectivity index (χ4v) is 2.62. The molecule has 26 heavy (non-hydrogen) atoms. The van der Waals surface area contributed by atoms with Crippen LogP contribution >= 0.6 is 0 Å². The van der Waals surface area contributed by atoms with Gasteiger partial charge in [-0.05, 0) is 24.6 Å². The zero-order valence-corrected chi connectivity index (χ0v) is 14.8. The number of nitrogens with zero attached hydrogens (tertiary/aromatic N) is 2. The highest BCUT2D eigenvalue weighted by Crippen LogP contribution is 2.19. The lowest BCUT2D eigenvalue weighted by Gasteiger charge is -2.20. The smallest absolute Gasteiger partial charge is 0.243 e. The van der Waals surface area contributed by atoms with E-state index in [1.807, 2.05) is 24.4 Å². The number of hydrazine groups is 1. The number of pyridine rings is 1. The average Bonchev–Trinajstić information content (AvgIpc) is 3.20. The van der Waals surface area contributed by atoms with Gasteiger partial charge in [-0.3, -0.25) is 30.6 Å². The Hall–Kier alpha value is -2.87. The molecule has 0 aliphatic carbocycles. The lowest BCUT2D eigenvalue weighted by Crippen LogP contribution is -2.40. The van der Waals surface area contributed by atoms with Crippen molar-refractivity contribution < 1.29 is 14.8 Å². The molecule has 2 heterocycles. The Bertz CT molecular complexity index is 690. The highest BCUT2D eigenvalue weighted by atomic mass is 16.5. The number of H-pyrrole nitrogens is 1. The van der Waals surface area contributed by atoms with E-state index in [0.29, 0.717) is 23.6 Å². The van der Waals surface area contributed by atoms with Crippen LogP contribution in [0.3, 0.4) is 0 Å². The van der Waals surface area contributed by atoms with Crippen LogP contribution in [-0.2, 0) is 9.59 Å². The van der Waals surface area contributed by atoms with E-state index >= 15 is 0 Å². The van der Waals surface area contributed by atoms with Crippen molar-refractivity contribution in [3.63, 3.8) is 0 Å². The number of rotatable bonds is 11. The van der Waals surface area contributed by atoms with E-state index in [2.05, 4.69) is 27.7 Å². The first-order valence-corrected chi connectivity index (χ1v) is 8.69. The van der Waals surface area contributed by atoms with Crippen molar-refractivity contribution in [1.29, 1.82) is 0 Å². The fraction of sp³-hybridized carbons (Fsp3) is 0.389. The number of hydrogen-bond acceptors (Lipinski definition) is 5. The monoisotopic (exact) mass is 359 g/mol. The zero-order valence-electron chi connectivity index (χ0n) is 14.8. The Labute approximate surface area is 152 Å². The van der Waals surface area contributed by atoms with Crippen molar-refractivity contribution in [3.8, 4) is 11.3 Å². The van der Waals surface area contributed by atoms with E-state index < -0.39 is 5.92 Å². The van der Waals surface area contributed by atoms with Crippen LogP contribution in [0.5, 0.6) is 0 Å². The molecule has 0 aliphatic heterocycles. The molecule has 2 aromatic heterocycles. The Morgan fingerprint density at radius 3 is 2.96 bits per heavy atom. The number of unbranched alkanes of at least 4 members (excludes halogenated alkanes) is 2. The van der Waals surface area contributed by atoms with Crippen LogP contribution in [0.25, 0.3) is 11.3 Å². The largest absolute Gasteiger partial charge is 0.361 e. The molecule has 2 amide bonds. The lowest BCUT2D eigenvalue weighted by molar-refractivity contribution is -0.154. The molecule has 0 fully saturated rings. The van der Waals surface area contributed by atoms with Crippen molar-refractivity contribution in [3.05, 3.63) is 36.8 Å². The number of aromatic amines is 1. The SMILES string of the molecule is CCCCC[C@@H](CN(O)C=O)C(=O)NNc1cncc(-c2ccc[nH]2)c1. The summed E-state index contributed by atoms with van der Waals surface area (Å²) < 4.78 is 0. The van der Waals surface area contributed by atoms with Crippen LogP contribution in [0.15, 0.2) is 36.8 Å². The van der Waals surface area contributed by atoms with Gasteiger partial charge in [-0.15, -0.1) is 0 Å². The van der Waals surface area contributed by atoms with Crippen molar-refractivity contribution >= 4 is 18.0 Å². The topological polar surface area (TPSA) is 110 Å². The fourth-order valence-electron chi connectivity index (χ4n) is 2.62. The molecule has 8 heteroatoms. The van der Waals surface area contributed by atoms with E-state index in [1.54, 1.807) is 12.4 Å². The molecule has 8 nitrogen and oxygen atoms in total. The second-order valence-electron chi connectivity index (χ2n) is 6.08. The molecule has 2 aromatic rings. The highest BCUT2D eigenvalue weighted by Gasteiger charge is 2.20. The number of carbonyl (C=O) groups is 2. The molecule has 1 atom stereocenters. The summed E-state index contributed by atoms with van der Waals surface area (Å²) in [6.07, 6.45) is 8.91. The van der Waals surface area contributed by atoms with Crippen LogP contribution in [0, 0.1) is 5.92 Å². The molecule has 140 valence electrons. The van der Waals surface area contributed by atoms with Gasteiger partial charge in [0.2, 0.25) is 12.3 Å². The van der Waals surface area contributed by atoms with E-state index in [1.165, 1.54) is 0 Å². The number of hydroxylamine groups is 2. The normalized spacial score (nSPS) is 11.6. The van der Waals surface area contributed by atoms with E-state index in [-0.39, 0.29) is 12.5 Å². The Kier molecular flexibility index (Phi) is 7.63. The van der Waals surface area contributed by atoms with Gasteiger partial charge in [0.15, 0.2) is 0 Å². The number of carbonyl (C=O) groups excluding carboxylic acids is 2. The summed E-state index contributed by atoms with van der Waals surface area (Å²) in [4.78, 5) is 30.3. The molecule has 4 N–H and O–H groups in total. The molecular weight excluding hydrogens is 334 g/mol. The molecule has 0 aromatic carbocycles. The third-order valence-corrected chi connectivity index (χ3v) is 4.03. The lowest BCUT2D eigenvalue weighted by atomic mass is 10.0. The molecular formula is C18H25N5O3. The van der Waals surface area contributed by atoms with E-state index in [4.69, 9.17) is 0 Å². The average molecular weight is 359 g/mol. The van der Waals surface area contributed by atoms with E-state index in [9.17, 15) is 14.8 Å². The summed E-state index contributed by atoms with van der Waals surface area (Å²) in [7, 11) is 0. The van der Waals surface area contributed by atoms with Gasteiger partial charge in [-0.25, -0.2) is 5.06 Å². The quantitative estimate of drug-likeness (QED) is 0.213. The Morgan fingerprint density at radius 2 is 2.27 bits per heavy atom. The minimum Gasteiger partial charge on any atom is -0.361 e. The maximum Gasteiger partial charge on any atom is 0.243 e. The molecule has 0 spiro atoms. The van der Waals surface area contributed by atoms with Gasteiger partial charge in [-0.2, -0.15) is 0 Å². The van der Waals surface area contributed by atoms with Crippen LogP contribution in [0.2, 0.25) is 0 Å². The van der Waals surface area contributed by atoms with Crippen LogP contribution in [0.1, 0.15) is 32.6 Å². The molecule has 0 aliphatic rings. The third-order valence-electron chi connectivity index (χ3n) is 4.03. The first-order chi connectivity index (χ1) is 12.6. The molecule has 0 radical (unpaired) electrons. The van der Waals surface area contributed by atoms with Gasteiger partial charge in [0.1, 0.15) is 0 Å². The van der Waals surface area contributed by atoms with Crippen molar-refractivity contribution in [2.75, 3.05) is 12.0 Å². The number of anilines is 1. The first-order valence-electron chi connectivity index (χ1n) is 8.69. The molecule has 0 saturated carbocycles. The van der Waals surface area contributed by atoms with Crippen molar-refractivity contribution in [2.24, 2.45) is 5.92 Å². The Morgan fingerprint density at radius 1 is 1.42 bits per heavy atom. The summed E-state index contributed by atoms with van der Waals surface area (Å²) >= 11 is 0. The number of hydrogen-bond donors (Lipinski definition) is 4. The van der Waals surface area contributed by atoms with Crippen molar-refractivity contribution in [2.45, 2.75) is 32.6 Å². The standard InChI is InChI=1S/C18H25N5O3/c1-2-3-4-6-14(12-23(26)13-24)18(25)22-21-16-9-15(10-19-11-16)17-7-5-8-20-17/h5,7-11,13-14,20-21,26H,2-4,6,12H2,1H3,(H,22,25)/t14-/m0/s1. The molecule has 0 unspecified atom stereocenters. The number of nitrogens with one attached hydrogen (secondary N) is 3. The minimum atomic E-state index is -0.496. The summed E-state index contributed by atoms with van der Waals surface area (Å²) in [5.41, 5.74) is 7.92. The van der Waals surface area contributed by atoms with Gasteiger partial charge in [-0.1, -0.05) is 26.2 Å². The molecule has 0 bridgehead atoms. The third kappa shape index (κ3) is 5.89. The maximum absolute atomic E-state index is 12.4. The highest BCUT2D eigenvalue weighted by molar-refractivity contribution is 5.80. The number of amides is 2. The molecule has 2 rings (SSSR count). The van der Waals surface area contributed by atoms with Crippen molar-refractivity contribution in [1.82, 2.24) is 20.5 Å². The second kappa shape index (κ2) is 10.2. The summed E-state index contributed by atoms with van der Waals surface area (Å²) in [5, 5.41) is 9.92. The van der Waals surface area contributed by atoms with Gasteiger partial charge in [0.05, 0.1) is 24.3 Å². The maximum atomic E-state index is 12.4. The van der Waals surface area contributed by atoms with Gasteiger partial charge in [0, 0.05) is 23.7 Å². The summed E-state index contributed by atoms with van der Waals surface area (Å²) in [6, 6.07) is 5.68.